The maximum Gasteiger partial charge on any atom is 0.238 e. The van der Waals surface area contributed by atoms with Crippen LogP contribution in [0.25, 0.3) is 6.08 Å². The molecule has 0 spiro atoms. The molecule has 14 heavy (non-hydrogen) atoms. The van der Waals surface area contributed by atoms with Gasteiger partial charge in [-0.05, 0) is 12.1 Å². The molecule has 4 nitrogen and oxygen atoms in total. The molecule has 0 unspecified atom stereocenters. The highest BCUT2D eigenvalue weighted by atomic mass is 32.2. The van der Waals surface area contributed by atoms with E-state index in [1.54, 1.807) is 12.1 Å². The van der Waals surface area contributed by atoms with Gasteiger partial charge in [-0.2, -0.15) is 0 Å². The van der Waals surface area contributed by atoms with Crippen LogP contribution in [-0.2, 0) is 10.0 Å². The van der Waals surface area contributed by atoms with Crippen LogP contribution in [0.1, 0.15) is 5.56 Å². The van der Waals surface area contributed by atoms with Crippen molar-refractivity contribution in [3.8, 4) is 5.75 Å². The Kier molecular flexibility index (Phi) is 2.93. The summed E-state index contributed by atoms with van der Waals surface area (Å²) in [6.07, 6.45) is 1.58. The number of hydrogen-bond donors (Lipinski definition) is 1. The molecule has 0 aliphatic carbocycles. The standard InChI is InChI=1S/C9H11NO3S/c1-3-7-4-5-8(14(10,11)12)6-9(7)13-2/h3-6H,1H2,2H3,(H2,10,11,12). The molecule has 1 aromatic rings. The molecule has 0 amide bonds. The van der Waals surface area contributed by atoms with Gasteiger partial charge in [-0.25, -0.2) is 13.6 Å². The highest BCUT2D eigenvalue weighted by Crippen LogP contribution is 2.22. The molecule has 2 N–H and O–H groups in total. The van der Waals surface area contributed by atoms with Crippen LogP contribution in [0.3, 0.4) is 0 Å². The highest BCUT2D eigenvalue weighted by Gasteiger charge is 2.10. The van der Waals surface area contributed by atoms with Gasteiger partial charge in [0.05, 0.1) is 12.0 Å². The number of ether oxygens (including phenoxy) is 1. The molecule has 0 saturated heterocycles. The maximum atomic E-state index is 11.0. The lowest BCUT2D eigenvalue weighted by molar-refractivity contribution is 0.412. The zero-order valence-corrected chi connectivity index (χ0v) is 8.54. The van der Waals surface area contributed by atoms with E-state index in [1.165, 1.54) is 19.2 Å². The van der Waals surface area contributed by atoms with Gasteiger partial charge in [0, 0.05) is 11.6 Å². The average molecular weight is 213 g/mol. The van der Waals surface area contributed by atoms with Crippen molar-refractivity contribution in [2.75, 3.05) is 7.11 Å². The fraction of sp³-hybridized carbons (Fsp3) is 0.111. The Hall–Kier alpha value is -1.33. The normalized spacial score (nSPS) is 11.0. The Balaban J connectivity index is 3.35. The third-order valence-electron chi connectivity index (χ3n) is 1.75. The SMILES string of the molecule is C=Cc1ccc(S(N)(=O)=O)cc1OC. The molecule has 0 bridgehead atoms. The van der Waals surface area contributed by atoms with Crippen LogP contribution in [0.5, 0.6) is 5.75 Å². The van der Waals surface area contributed by atoms with Gasteiger partial charge in [0.25, 0.3) is 0 Å². The molecule has 5 heteroatoms. The van der Waals surface area contributed by atoms with Crippen LogP contribution < -0.4 is 9.88 Å². The van der Waals surface area contributed by atoms with Crippen molar-refractivity contribution in [3.05, 3.63) is 30.3 Å². The third-order valence-corrected chi connectivity index (χ3v) is 2.66. The van der Waals surface area contributed by atoms with Crippen LogP contribution >= 0.6 is 0 Å². The van der Waals surface area contributed by atoms with Crippen molar-refractivity contribution in [2.45, 2.75) is 4.90 Å². The van der Waals surface area contributed by atoms with Crippen molar-refractivity contribution in [1.29, 1.82) is 0 Å². The summed E-state index contributed by atoms with van der Waals surface area (Å²) in [5.41, 5.74) is 0.722. The number of nitrogens with two attached hydrogens (primary N) is 1. The first-order valence-corrected chi connectivity index (χ1v) is 5.37. The lowest BCUT2D eigenvalue weighted by Gasteiger charge is -2.06. The number of primary sulfonamides is 1. The number of rotatable bonds is 3. The summed E-state index contributed by atoms with van der Waals surface area (Å²) in [6, 6.07) is 4.37. The second-order valence-electron chi connectivity index (χ2n) is 2.65. The molecule has 0 radical (unpaired) electrons. The fourth-order valence-corrected chi connectivity index (χ4v) is 1.57. The van der Waals surface area contributed by atoms with E-state index < -0.39 is 10.0 Å². The van der Waals surface area contributed by atoms with E-state index in [1.807, 2.05) is 0 Å². The van der Waals surface area contributed by atoms with Crippen molar-refractivity contribution in [3.63, 3.8) is 0 Å². The van der Waals surface area contributed by atoms with Crippen LogP contribution in [0.15, 0.2) is 29.7 Å². The molecule has 0 aliphatic rings. The Bertz CT molecular complexity index is 451. The van der Waals surface area contributed by atoms with Gasteiger partial charge >= 0.3 is 0 Å². The van der Waals surface area contributed by atoms with Gasteiger partial charge in [0.2, 0.25) is 10.0 Å². The summed E-state index contributed by atoms with van der Waals surface area (Å²) in [5.74, 6) is 0.437. The summed E-state index contributed by atoms with van der Waals surface area (Å²) >= 11 is 0. The van der Waals surface area contributed by atoms with Crippen LogP contribution in [0.2, 0.25) is 0 Å². The summed E-state index contributed by atoms with van der Waals surface area (Å²) < 4.78 is 27.0. The van der Waals surface area contributed by atoms with E-state index in [4.69, 9.17) is 9.88 Å². The van der Waals surface area contributed by atoms with Crippen LogP contribution in [-0.4, -0.2) is 15.5 Å². The zero-order valence-electron chi connectivity index (χ0n) is 7.73. The Morgan fingerprint density at radius 3 is 2.57 bits per heavy atom. The highest BCUT2D eigenvalue weighted by molar-refractivity contribution is 7.89. The predicted molar refractivity (Wildman–Crippen MR) is 54.5 cm³/mol. The lowest BCUT2D eigenvalue weighted by atomic mass is 10.2. The quantitative estimate of drug-likeness (QED) is 0.813. The number of methoxy groups -OCH3 is 1. The molecule has 0 heterocycles. The van der Waals surface area contributed by atoms with E-state index in [0.29, 0.717) is 5.75 Å². The Labute approximate surface area is 83.1 Å². The first kappa shape index (κ1) is 10.7. The van der Waals surface area contributed by atoms with E-state index in [2.05, 4.69) is 6.58 Å². The maximum absolute atomic E-state index is 11.0. The molecule has 1 rings (SSSR count). The molecule has 0 fully saturated rings. The largest absolute Gasteiger partial charge is 0.496 e. The molecule has 0 aromatic heterocycles. The van der Waals surface area contributed by atoms with Gasteiger partial charge in [-0.3, -0.25) is 0 Å². The molecular weight excluding hydrogens is 202 g/mol. The van der Waals surface area contributed by atoms with E-state index >= 15 is 0 Å². The summed E-state index contributed by atoms with van der Waals surface area (Å²) in [4.78, 5) is 0.0277. The summed E-state index contributed by atoms with van der Waals surface area (Å²) in [5, 5.41) is 4.96. The topological polar surface area (TPSA) is 69.4 Å². The van der Waals surface area contributed by atoms with Crippen molar-refractivity contribution in [2.24, 2.45) is 5.14 Å². The average Bonchev–Trinajstić information content (AvgIpc) is 2.15. The molecule has 0 aliphatic heterocycles. The van der Waals surface area contributed by atoms with Crippen LogP contribution in [0.4, 0.5) is 0 Å². The van der Waals surface area contributed by atoms with Gasteiger partial charge in [-0.1, -0.05) is 12.7 Å². The minimum Gasteiger partial charge on any atom is -0.496 e. The van der Waals surface area contributed by atoms with E-state index in [9.17, 15) is 8.42 Å². The van der Waals surface area contributed by atoms with Crippen molar-refractivity contribution >= 4 is 16.1 Å². The number of benzene rings is 1. The van der Waals surface area contributed by atoms with E-state index in [-0.39, 0.29) is 4.90 Å². The third kappa shape index (κ3) is 2.12. The second kappa shape index (κ2) is 3.81. The monoisotopic (exact) mass is 213 g/mol. The van der Waals surface area contributed by atoms with Gasteiger partial charge in [0.15, 0.2) is 0 Å². The number of sulfonamides is 1. The number of hydrogen-bond acceptors (Lipinski definition) is 3. The zero-order chi connectivity index (χ0) is 10.8. The van der Waals surface area contributed by atoms with Crippen molar-refractivity contribution in [1.82, 2.24) is 0 Å². The smallest absolute Gasteiger partial charge is 0.238 e. The van der Waals surface area contributed by atoms with E-state index in [0.717, 1.165) is 5.56 Å². The first-order valence-electron chi connectivity index (χ1n) is 3.82. The predicted octanol–water partition coefficient (Wildman–Crippen LogP) is 0.986. The molecular formula is C9H11NO3S. The Morgan fingerprint density at radius 2 is 2.14 bits per heavy atom. The molecule has 0 saturated carbocycles. The molecule has 0 atom stereocenters. The van der Waals surface area contributed by atoms with Crippen LogP contribution in [0, 0.1) is 0 Å². The second-order valence-corrected chi connectivity index (χ2v) is 4.21. The summed E-state index contributed by atoms with van der Waals surface area (Å²) in [7, 11) is -2.22. The minimum absolute atomic E-state index is 0.0277. The fourth-order valence-electron chi connectivity index (χ4n) is 1.04. The Morgan fingerprint density at radius 1 is 1.50 bits per heavy atom. The van der Waals surface area contributed by atoms with Gasteiger partial charge in [0.1, 0.15) is 5.75 Å². The van der Waals surface area contributed by atoms with Gasteiger partial charge < -0.3 is 4.74 Å². The lowest BCUT2D eigenvalue weighted by Crippen LogP contribution is -2.12. The first-order chi connectivity index (χ1) is 6.49. The van der Waals surface area contributed by atoms with Crippen molar-refractivity contribution < 1.29 is 13.2 Å². The summed E-state index contributed by atoms with van der Waals surface area (Å²) in [6.45, 7) is 3.57. The molecule has 1 aromatic carbocycles. The molecule has 76 valence electrons. The minimum atomic E-state index is -3.67. The van der Waals surface area contributed by atoms with Gasteiger partial charge in [-0.15, -0.1) is 0 Å².